The van der Waals surface area contributed by atoms with E-state index in [-0.39, 0.29) is 22.8 Å². The van der Waals surface area contributed by atoms with E-state index < -0.39 is 17.8 Å². The first-order chi connectivity index (χ1) is 12.4. The number of amides is 2. The molecule has 0 aliphatic rings. The van der Waals surface area contributed by atoms with Gasteiger partial charge in [-0.05, 0) is 36.4 Å². The maximum Gasteiger partial charge on any atom is 0.337 e. The molecule has 2 aromatic carbocycles. The molecule has 8 heteroatoms. The number of anilines is 1. The van der Waals surface area contributed by atoms with Crippen LogP contribution in [0, 0.1) is 0 Å². The normalized spacial score (nSPS) is 9.96. The maximum atomic E-state index is 12.1. The third-order valence-electron chi connectivity index (χ3n) is 3.40. The molecule has 0 fully saturated rings. The van der Waals surface area contributed by atoms with Gasteiger partial charge in [-0.2, -0.15) is 0 Å². The Hall–Kier alpha value is -3.06. The standard InChI is InChI=1S/C18H17ClN2O5/c1-25-13-5-3-4-11(8-13)17(23)20-10-16(22)21-15-9-12(18(24)26-2)6-7-14(15)19/h3-9H,10H2,1-2H3,(H,20,23)(H,21,22). The number of ether oxygens (including phenoxy) is 2. The second-order valence-corrected chi connectivity index (χ2v) is 5.56. The van der Waals surface area contributed by atoms with Crippen LogP contribution in [0.25, 0.3) is 0 Å². The van der Waals surface area contributed by atoms with Gasteiger partial charge in [0, 0.05) is 5.56 Å². The average Bonchev–Trinajstić information content (AvgIpc) is 2.67. The van der Waals surface area contributed by atoms with Crippen LogP contribution in [0.5, 0.6) is 5.75 Å². The van der Waals surface area contributed by atoms with Crippen molar-refractivity contribution in [2.75, 3.05) is 26.1 Å². The summed E-state index contributed by atoms with van der Waals surface area (Å²) < 4.78 is 9.67. The Morgan fingerprint density at radius 1 is 1.04 bits per heavy atom. The van der Waals surface area contributed by atoms with Crippen molar-refractivity contribution in [1.29, 1.82) is 0 Å². The van der Waals surface area contributed by atoms with E-state index in [1.165, 1.54) is 32.4 Å². The fraction of sp³-hybridized carbons (Fsp3) is 0.167. The van der Waals surface area contributed by atoms with E-state index in [4.69, 9.17) is 16.3 Å². The number of rotatable bonds is 6. The molecule has 0 radical (unpaired) electrons. The van der Waals surface area contributed by atoms with Crippen LogP contribution in [0.3, 0.4) is 0 Å². The maximum absolute atomic E-state index is 12.1. The summed E-state index contributed by atoms with van der Waals surface area (Å²) in [4.78, 5) is 35.7. The first kappa shape index (κ1) is 19.3. The molecule has 0 spiro atoms. The Morgan fingerprint density at radius 3 is 2.50 bits per heavy atom. The summed E-state index contributed by atoms with van der Waals surface area (Å²) in [6.45, 7) is -0.269. The van der Waals surface area contributed by atoms with Gasteiger partial charge in [-0.3, -0.25) is 9.59 Å². The van der Waals surface area contributed by atoms with Crippen molar-refractivity contribution in [2.45, 2.75) is 0 Å². The molecule has 0 aromatic heterocycles. The molecule has 2 N–H and O–H groups in total. The van der Waals surface area contributed by atoms with Crippen molar-refractivity contribution in [3.63, 3.8) is 0 Å². The van der Waals surface area contributed by atoms with Gasteiger partial charge in [0.05, 0.1) is 37.0 Å². The van der Waals surface area contributed by atoms with Crippen LogP contribution in [0.1, 0.15) is 20.7 Å². The fourth-order valence-corrected chi connectivity index (χ4v) is 2.25. The van der Waals surface area contributed by atoms with Crippen molar-refractivity contribution in [2.24, 2.45) is 0 Å². The first-order valence-corrected chi connectivity index (χ1v) is 7.92. The smallest absolute Gasteiger partial charge is 0.337 e. The lowest BCUT2D eigenvalue weighted by molar-refractivity contribution is -0.115. The molecule has 0 unspecified atom stereocenters. The number of hydrogen-bond acceptors (Lipinski definition) is 5. The molecule has 2 aromatic rings. The minimum Gasteiger partial charge on any atom is -0.497 e. The van der Waals surface area contributed by atoms with E-state index in [1.807, 2.05) is 0 Å². The van der Waals surface area contributed by atoms with Crippen LogP contribution in [0.2, 0.25) is 5.02 Å². The zero-order chi connectivity index (χ0) is 19.1. The number of benzene rings is 2. The predicted molar refractivity (Wildman–Crippen MR) is 96.7 cm³/mol. The topological polar surface area (TPSA) is 93.7 Å². The number of nitrogens with one attached hydrogen (secondary N) is 2. The number of hydrogen-bond donors (Lipinski definition) is 2. The summed E-state index contributed by atoms with van der Waals surface area (Å²) in [5, 5.41) is 5.29. The molecular formula is C18H17ClN2O5. The van der Waals surface area contributed by atoms with Crippen molar-refractivity contribution in [1.82, 2.24) is 5.32 Å². The van der Waals surface area contributed by atoms with Gasteiger partial charge < -0.3 is 20.1 Å². The highest BCUT2D eigenvalue weighted by Gasteiger charge is 2.13. The van der Waals surface area contributed by atoms with Crippen LogP contribution in [0.4, 0.5) is 5.69 Å². The number of carbonyl (C=O) groups is 3. The van der Waals surface area contributed by atoms with Crippen molar-refractivity contribution >= 4 is 35.1 Å². The number of esters is 1. The molecular weight excluding hydrogens is 360 g/mol. The van der Waals surface area contributed by atoms with E-state index in [0.717, 1.165) is 0 Å². The van der Waals surface area contributed by atoms with Gasteiger partial charge in [0.2, 0.25) is 5.91 Å². The van der Waals surface area contributed by atoms with Crippen LogP contribution < -0.4 is 15.4 Å². The summed E-state index contributed by atoms with van der Waals surface area (Å²) in [5.74, 6) is -0.935. The molecule has 26 heavy (non-hydrogen) atoms. The lowest BCUT2D eigenvalue weighted by Gasteiger charge is -2.10. The van der Waals surface area contributed by atoms with Crippen LogP contribution in [0.15, 0.2) is 42.5 Å². The number of halogens is 1. The highest BCUT2D eigenvalue weighted by molar-refractivity contribution is 6.33. The van der Waals surface area contributed by atoms with Gasteiger partial charge in [-0.15, -0.1) is 0 Å². The summed E-state index contributed by atoms with van der Waals surface area (Å²) in [6.07, 6.45) is 0. The zero-order valence-corrected chi connectivity index (χ0v) is 14.9. The highest BCUT2D eigenvalue weighted by atomic mass is 35.5. The van der Waals surface area contributed by atoms with Gasteiger partial charge in [0.25, 0.3) is 5.91 Å². The SMILES string of the molecule is COC(=O)c1ccc(Cl)c(NC(=O)CNC(=O)c2cccc(OC)c2)c1. The van der Waals surface area contributed by atoms with E-state index in [0.29, 0.717) is 11.3 Å². The highest BCUT2D eigenvalue weighted by Crippen LogP contribution is 2.23. The van der Waals surface area contributed by atoms with Crippen LogP contribution in [-0.4, -0.2) is 38.5 Å². The number of methoxy groups -OCH3 is 2. The predicted octanol–water partition coefficient (Wildman–Crippen LogP) is 2.50. The van der Waals surface area contributed by atoms with Gasteiger partial charge in [0.15, 0.2) is 0 Å². The van der Waals surface area contributed by atoms with E-state index >= 15 is 0 Å². The molecule has 0 heterocycles. The average molecular weight is 377 g/mol. The lowest BCUT2D eigenvalue weighted by atomic mass is 10.2. The third kappa shape index (κ3) is 4.97. The largest absolute Gasteiger partial charge is 0.497 e. The van der Waals surface area contributed by atoms with Gasteiger partial charge in [-0.1, -0.05) is 17.7 Å². The molecule has 2 amide bonds. The minimum atomic E-state index is -0.552. The Bertz CT molecular complexity index is 838. The van der Waals surface area contributed by atoms with Crippen LogP contribution in [-0.2, 0) is 9.53 Å². The summed E-state index contributed by atoms with van der Waals surface area (Å²) >= 11 is 6.01. The Kier molecular flexibility index (Phi) is 6.57. The first-order valence-electron chi connectivity index (χ1n) is 7.54. The molecule has 0 aliphatic heterocycles. The van der Waals surface area contributed by atoms with Gasteiger partial charge >= 0.3 is 5.97 Å². The summed E-state index contributed by atoms with van der Waals surface area (Å²) in [7, 11) is 2.75. The Morgan fingerprint density at radius 2 is 1.81 bits per heavy atom. The molecule has 0 aliphatic carbocycles. The quantitative estimate of drug-likeness (QED) is 0.755. The fourth-order valence-electron chi connectivity index (χ4n) is 2.09. The Labute approximate surface area is 155 Å². The molecule has 0 bridgehead atoms. The summed E-state index contributed by atoms with van der Waals surface area (Å²) in [5.41, 5.74) is 0.852. The molecule has 7 nitrogen and oxygen atoms in total. The lowest BCUT2D eigenvalue weighted by Crippen LogP contribution is -2.32. The minimum absolute atomic E-state index is 0.243. The second-order valence-electron chi connectivity index (χ2n) is 5.15. The van der Waals surface area contributed by atoms with Crippen LogP contribution >= 0.6 is 11.6 Å². The van der Waals surface area contributed by atoms with Gasteiger partial charge in [-0.25, -0.2) is 4.79 Å². The molecule has 0 atom stereocenters. The molecule has 2 rings (SSSR count). The van der Waals surface area contributed by atoms with E-state index in [2.05, 4.69) is 15.4 Å². The van der Waals surface area contributed by atoms with E-state index in [1.54, 1.807) is 24.3 Å². The zero-order valence-electron chi connectivity index (χ0n) is 14.2. The third-order valence-corrected chi connectivity index (χ3v) is 3.73. The molecule has 0 saturated heterocycles. The summed E-state index contributed by atoms with van der Waals surface area (Å²) in [6, 6.07) is 10.9. The second kappa shape index (κ2) is 8.87. The van der Waals surface area contributed by atoms with Gasteiger partial charge in [0.1, 0.15) is 5.75 Å². The Balaban J connectivity index is 1.98. The number of carbonyl (C=O) groups excluding carboxylic acids is 3. The molecule has 0 saturated carbocycles. The van der Waals surface area contributed by atoms with E-state index in [9.17, 15) is 14.4 Å². The van der Waals surface area contributed by atoms with Crippen molar-refractivity contribution in [3.8, 4) is 5.75 Å². The van der Waals surface area contributed by atoms with Crippen molar-refractivity contribution in [3.05, 3.63) is 58.6 Å². The molecule has 136 valence electrons. The monoisotopic (exact) mass is 376 g/mol. The van der Waals surface area contributed by atoms with Crippen molar-refractivity contribution < 1.29 is 23.9 Å².